The molecule has 23 heavy (non-hydrogen) atoms. The van der Waals surface area contributed by atoms with E-state index in [0.29, 0.717) is 6.54 Å². The van der Waals surface area contributed by atoms with Crippen molar-refractivity contribution in [3.8, 4) is 5.69 Å². The minimum absolute atomic E-state index is 0.148. The van der Waals surface area contributed by atoms with Crippen molar-refractivity contribution in [3.05, 3.63) is 76.6 Å². The van der Waals surface area contributed by atoms with Gasteiger partial charge in [-0.3, -0.25) is 10.1 Å². The zero-order valence-corrected chi connectivity index (χ0v) is 11.9. The van der Waals surface area contributed by atoms with E-state index < -0.39 is 10.7 Å². The lowest BCUT2D eigenvalue weighted by atomic mass is 10.2. The fourth-order valence-electron chi connectivity index (χ4n) is 2.11. The maximum Gasteiger partial charge on any atom is 0.292 e. The second kappa shape index (κ2) is 6.22. The van der Waals surface area contributed by atoms with Crippen molar-refractivity contribution in [2.45, 2.75) is 6.54 Å². The number of hydrogen-bond acceptors (Lipinski definition) is 5. The van der Waals surface area contributed by atoms with Crippen LogP contribution in [0, 0.1) is 15.9 Å². The molecule has 0 aliphatic rings. The van der Waals surface area contributed by atoms with Gasteiger partial charge in [0.15, 0.2) is 0 Å². The molecule has 1 heterocycles. The molecule has 3 rings (SSSR count). The van der Waals surface area contributed by atoms with Crippen LogP contribution in [0.5, 0.6) is 0 Å². The molecule has 0 spiro atoms. The van der Waals surface area contributed by atoms with Crippen LogP contribution in [0.2, 0.25) is 0 Å². The van der Waals surface area contributed by atoms with Crippen molar-refractivity contribution in [2.24, 2.45) is 0 Å². The fraction of sp³-hybridized carbons (Fsp3) is 0.0667. The lowest BCUT2D eigenvalue weighted by molar-refractivity contribution is -0.384. The number of nitrogens with zero attached hydrogens (tertiary/aromatic N) is 4. The van der Waals surface area contributed by atoms with Gasteiger partial charge in [-0.25, -0.2) is 14.1 Å². The predicted octanol–water partition coefficient (Wildman–Crippen LogP) is 2.93. The molecule has 0 saturated carbocycles. The van der Waals surface area contributed by atoms with Crippen LogP contribution in [0.3, 0.4) is 0 Å². The molecule has 0 aliphatic carbocycles. The number of halogens is 1. The van der Waals surface area contributed by atoms with Crippen molar-refractivity contribution in [1.82, 2.24) is 14.8 Å². The van der Waals surface area contributed by atoms with Crippen LogP contribution in [0.4, 0.5) is 15.8 Å². The zero-order chi connectivity index (χ0) is 16.2. The molecule has 116 valence electrons. The number of anilines is 1. The molecule has 8 heteroatoms. The van der Waals surface area contributed by atoms with E-state index in [1.165, 1.54) is 6.33 Å². The number of nitro benzene ring substituents is 1. The zero-order valence-electron chi connectivity index (χ0n) is 11.9. The first-order chi connectivity index (χ1) is 11.1. The third-order valence-electron chi connectivity index (χ3n) is 3.26. The summed E-state index contributed by atoms with van der Waals surface area (Å²) in [6.07, 6.45) is 3.03. The number of hydrogen-bond donors (Lipinski definition) is 1. The Hall–Kier alpha value is -3.29. The second-order valence-electron chi connectivity index (χ2n) is 4.78. The fourth-order valence-corrected chi connectivity index (χ4v) is 2.11. The molecule has 1 aromatic heterocycles. The Balaban J connectivity index is 1.74. The van der Waals surface area contributed by atoms with E-state index in [9.17, 15) is 14.5 Å². The van der Waals surface area contributed by atoms with E-state index in [0.717, 1.165) is 29.4 Å². The smallest absolute Gasteiger partial charge is 0.292 e. The molecule has 0 saturated heterocycles. The maximum absolute atomic E-state index is 13.3. The van der Waals surface area contributed by atoms with Gasteiger partial charge in [0.2, 0.25) is 0 Å². The second-order valence-corrected chi connectivity index (χ2v) is 4.78. The summed E-state index contributed by atoms with van der Waals surface area (Å²) >= 11 is 0. The number of benzene rings is 2. The Morgan fingerprint density at radius 1 is 1.22 bits per heavy atom. The van der Waals surface area contributed by atoms with Gasteiger partial charge in [-0.1, -0.05) is 12.1 Å². The molecule has 7 nitrogen and oxygen atoms in total. The molecule has 0 unspecified atom stereocenters. The van der Waals surface area contributed by atoms with Gasteiger partial charge in [-0.15, -0.1) is 0 Å². The van der Waals surface area contributed by atoms with Crippen LogP contribution >= 0.6 is 0 Å². The number of rotatable bonds is 5. The van der Waals surface area contributed by atoms with E-state index in [1.54, 1.807) is 11.0 Å². The standard InChI is InChI=1S/C15H12FN5O2/c16-12-3-6-15(21(22)23)14(7-12)18-8-11-1-4-13(5-2-11)20-10-17-9-19-20/h1-7,9-10,18H,8H2. The Bertz CT molecular complexity index is 818. The van der Waals surface area contributed by atoms with Crippen LogP contribution in [0.25, 0.3) is 5.69 Å². The van der Waals surface area contributed by atoms with E-state index in [4.69, 9.17) is 0 Å². The summed E-state index contributed by atoms with van der Waals surface area (Å²) in [5.41, 5.74) is 1.73. The number of nitrogens with one attached hydrogen (secondary N) is 1. The van der Waals surface area contributed by atoms with Gasteiger partial charge in [0, 0.05) is 18.7 Å². The van der Waals surface area contributed by atoms with Crippen LogP contribution in [-0.2, 0) is 6.54 Å². The summed E-state index contributed by atoms with van der Waals surface area (Å²) in [7, 11) is 0. The molecule has 0 amide bonds. The van der Waals surface area contributed by atoms with Gasteiger partial charge < -0.3 is 5.32 Å². The lowest BCUT2D eigenvalue weighted by Gasteiger charge is -2.08. The third kappa shape index (κ3) is 3.31. The van der Waals surface area contributed by atoms with Crippen LogP contribution in [0.1, 0.15) is 5.56 Å². The summed E-state index contributed by atoms with van der Waals surface area (Å²) in [6.45, 7) is 0.335. The van der Waals surface area contributed by atoms with Gasteiger partial charge in [-0.2, -0.15) is 5.10 Å². The first-order valence-corrected chi connectivity index (χ1v) is 6.75. The summed E-state index contributed by atoms with van der Waals surface area (Å²) in [6, 6.07) is 10.7. The molecular weight excluding hydrogens is 301 g/mol. The summed E-state index contributed by atoms with van der Waals surface area (Å²) < 4.78 is 14.9. The minimum atomic E-state index is -0.546. The predicted molar refractivity (Wildman–Crippen MR) is 81.7 cm³/mol. The highest BCUT2D eigenvalue weighted by atomic mass is 19.1. The summed E-state index contributed by atoms with van der Waals surface area (Å²) in [5.74, 6) is -0.528. The molecule has 0 aliphatic heterocycles. The highest BCUT2D eigenvalue weighted by molar-refractivity contribution is 5.61. The average molecular weight is 313 g/mol. The lowest BCUT2D eigenvalue weighted by Crippen LogP contribution is -2.03. The van der Waals surface area contributed by atoms with Crippen LogP contribution in [0.15, 0.2) is 55.1 Å². The SMILES string of the molecule is O=[N+]([O-])c1ccc(F)cc1NCc1ccc(-n2cncn2)cc1. The number of nitro groups is 1. The largest absolute Gasteiger partial charge is 0.375 e. The average Bonchev–Trinajstić information content (AvgIpc) is 3.07. The highest BCUT2D eigenvalue weighted by Gasteiger charge is 2.14. The Morgan fingerprint density at radius 2 is 2.00 bits per heavy atom. The van der Waals surface area contributed by atoms with Crippen LogP contribution in [-0.4, -0.2) is 19.7 Å². The number of aromatic nitrogens is 3. The van der Waals surface area contributed by atoms with Crippen LogP contribution < -0.4 is 5.32 Å². The van der Waals surface area contributed by atoms with Gasteiger partial charge in [0.05, 0.1) is 10.6 Å². The first kappa shape index (κ1) is 14.6. The Labute approximate surface area is 130 Å². The topological polar surface area (TPSA) is 85.9 Å². The van der Waals surface area contributed by atoms with Gasteiger partial charge >= 0.3 is 0 Å². The van der Waals surface area contributed by atoms with Crippen molar-refractivity contribution >= 4 is 11.4 Å². The van der Waals surface area contributed by atoms with E-state index >= 15 is 0 Å². The van der Waals surface area contributed by atoms with Crippen molar-refractivity contribution in [2.75, 3.05) is 5.32 Å². The first-order valence-electron chi connectivity index (χ1n) is 6.75. The Kier molecular flexibility index (Phi) is 3.96. The van der Waals surface area contributed by atoms with E-state index in [2.05, 4.69) is 15.4 Å². The molecule has 1 N–H and O–H groups in total. The molecular formula is C15H12FN5O2. The highest BCUT2D eigenvalue weighted by Crippen LogP contribution is 2.25. The normalized spacial score (nSPS) is 10.5. The van der Waals surface area contributed by atoms with E-state index in [-0.39, 0.29) is 11.4 Å². The van der Waals surface area contributed by atoms with E-state index in [1.807, 2.05) is 24.3 Å². The molecule has 3 aromatic rings. The van der Waals surface area contributed by atoms with Crippen molar-refractivity contribution < 1.29 is 9.31 Å². The maximum atomic E-state index is 13.3. The Morgan fingerprint density at radius 3 is 2.65 bits per heavy atom. The van der Waals surface area contributed by atoms with Crippen molar-refractivity contribution in [1.29, 1.82) is 0 Å². The summed E-state index contributed by atoms with van der Waals surface area (Å²) in [4.78, 5) is 14.3. The molecule has 0 radical (unpaired) electrons. The quantitative estimate of drug-likeness (QED) is 0.578. The molecule has 0 fully saturated rings. The molecule has 0 bridgehead atoms. The van der Waals surface area contributed by atoms with Gasteiger partial charge in [0.1, 0.15) is 24.2 Å². The summed E-state index contributed by atoms with van der Waals surface area (Å²) in [5, 5.41) is 17.9. The minimum Gasteiger partial charge on any atom is -0.375 e. The third-order valence-corrected chi connectivity index (χ3v) is 3.26. The van der Waals surface area contributed by atoms with Gasteiger partial charge in [0.25, 0.3) is 5.69 Å². The molecule has 2 aromatic carbocycles. The molecule has 0 atom stereocenters. The monoisotopic (exact) mass is 313 g/mol. The van der Waals surface area contributed by atoms with Crippen molar-refractivity contribution in [3.63, 3.8) is 0 Å². The van der Waals surface area contributed by atoms with Gasteiger partial charge in [-0.05, 0) is 23.8 Å².